The van der Waals surface area contributed by atoms with Gasteiger partial charge in [0.25, 0.3) is 5.91 Å². The Morgan fingerprint density at radius 2 is 2.50 bits per heavy atom. The summed E-state index contributed by atoms with van der Waals surface area (Å²) in [6, 6.07) is 1.98. The predicted octanol–water partition coefficient (Wildman–Crippen LogP) is 3.37. The van der Waals surface area contributed by atoms with E-state index in [2.05, 4.69) is 28.2 Å². The van der Waals surface area contributed by atoms with E-state index in [1.54, 1.807) is 11.3 Å². The molecule has 1 aromatic rings. The van der Waals surface area contributed by atoms with Crippen LogP contribution in [0.25, 0.3) is 0 Å². The molecule has 100 valence electrons. The van der Waals surface area contributed by atoms with Crippen LogP contribution in [-0.2, 0) is 11.2 Å². The number of aryl methyl sites for hydroxylation is 1. The number of ether oxygens (including phenoxy) is 1. The largest absolute Gasteiger partial charge is 0.376 e. The van der Waals surface area contributed by atoms with E-state index < -0.39 is 0 Å². The summed E-state index contributed by atoms with van der Waals surface area (Å²) < 4.78 is 6.61. The fourth-order valence-electron chi connectivity index (χ4n) is 2.13. The van der Waals surface area contributed by atoms with Crippen LogP contribution in [0.15, 0.2) is 10.5 Å². The normalized spacial score (nSPS) is 20.9. The van der Waals surface area contributed by atoms with Crippen LogP contribution in [0.4, 0.5) is 0 Å². The minimum Gasteiger partial charge on any atom is -0.376 e. The average Bonchev–Trinajstić information content (AvgIpc) is 2.97. The molecule has 1 fully saturated rings. The zero-order valence-electron chi connectivity index (χ0n) is 10.7. The quantitative estimate of drug-likeness (QED) is 0.918. The molecule has 2 atom stereocenters. The fourth-order valence-corrected chi connectivity index (χ4v) is 3.93. The van der Waals surface area contributed by atoms with Crippen LogP contribution in [0.5, 0.6) is 0 Å². The number of thiophene rings is 1. The Kier molecular flexibility index (Phi) is 4.81. The highest BCUT2D eigenvalue weighted by molar-refractivity contribution is 9.10. The van der Waals surface area contributed by atoms with Crippen molar-refractivity contribution in [1.29, 1.82) is 0 Å². The minimum absolute atomic E-state index is 0.00315. The molecule has 0 bridgehead atoms. The maximum atomic E-state index is 12.1. The zero-order valence-corrected chi connectivity index (χ0v) is 13.1. The summed E-state index contributed by atoms with van der Waals surface area (Å²) in [7, 11) is 0. The van der Waals surface area contributed by atoms with Gasteiger partial charge in [-0.1, -0.05) is 6.92 Å². The van der Waals surface area contributed by atoms with Gasteiger partial charge >= 0.3 is 0 Å². The minimum atomic E-state index is 0.00315. The van der Waals surface area contributed by atoms with Crippen molar-refractivity contribution in [1.82, 2.24) is 5.32 Å². The summed E-state index contributed by atoms with van der Waals surface area (Å²) >= 11 is 5.04. The van der Waals surface area contributed by atoms with Crippen molar-refractivity contribution in [2.45, 2.75) is 45.3 Å². The topological polar surface area (TPSA) is 38.3 Å². The first kappa shape index (κ1) is 14.0. The van der Waals surface area contributed by atoms with Crippen LogP contribution < -0.4 is 5.32 Å². The highest BCUT2D eigenvalue weighted by Gasteiger charge is 2.24. The lowest BCUT2D eigenvalue weighted by molar-refractivity contribution is 0.0714. The molecule has 0 saturated carbocycles. The third kappa shape index (κ3) is 3.13. The van der Waals surface area contributed by atoms with Gasteiger partial charge in [0.2, 0.25) is 0 Å². The van der Waals surface area contributed by atoms with E-state index in [0.717, 1.165) is 35.2 Å². The van der Waals surface area contributed by atoms with Gasteiger partial charge in [-0.25, -0.2) is 0 Å². The van der Waals surface area contributed by atoms with Gasteiger partial charge in [-0.3, -0.25) is 4.79 Å². The molecule has 1 aliphatic rings. The van der Waals surface area contributed by atoms with Gasteiger partial charge in [-0.15, -0.1) is 11.3 Å². The first-order valence-corrected chi connectivity index (χ1v) is 7.93. The fraction of sp³-hybridized carbons (Fsp3) is 0.615. The van der Waals surface area contributed by atoms with Crippen molar-refractivity contribution in [2.24, 2.45) is 0 Å². The number of hydrogen-bond donors (Lipinski definition) is 1. The van der Waals surface area contributed by atoms with Crippen LogP contribution in [0.3, 0.4) is 0 Å². The van der Waals surface area contributed by atoms with Crippen LogP contribution in [0.2, 0.25) is 0 Å². The number of halogens is 1. The maximum absolute atomic E-state index is 12.1. The number of carbonyl (C=O) groups excluding carboxylic acids is 1. The molecule has 1 aromatic heterocycles. The standard InChI is InChI=1S/C13H18BrNO2S/c1-3-11-9(14)7-12(18-11)13(16)15-8(2)10-5-4-6-17-10/h7-8,10H,3-6H2,1-2H3,(H,15,16)/t8-,10+/m1/s1. The number of rotatable bonds is 4. The lowest BCUT2D eigenvalue weighted by Gasteiger charge is -2.19. The monoisotopic (exact) mass is 331 g/mol. The van der Waals surface area contributed by atoms with Gasteiger partial charge in [0.1, 0.15) is 0 Å². The van der Waals surface area contributed by atoms with Gasteiger partial charge in [0.05, 0.1) is 17.0 Å². The van der Waals surface area contributed by atoms with E-state index in [1.165, 1.54) is 4.88 Å². The Bertz CT molecular complexity index is 427. The molecule has 0 aromatic carbocycles. The first-order chi connectivity index (χ1) is 8.61. The Balaban J connectivity index is 1.97. The molecule has 5 heteroatoms. The van der Waals surface area contributed by atoms with E-state index in [0.29, 0.717) is 0 Å². The summed E-state index contributed by atoms with van der Waals surface area (Å²) in [4.78, 5) is 14.1. The average molecular weight is 332 g/mol. The van der Waals surface area contributed by atoms with Gasteiger partial charge in [-0.2, -0.15) is 0 Å². The van der Waals surface area contributed by atoms with E-state index in [4.69, 9.17) is 4.74 Å². The number of hydrogen-bond acceptors (Lipinski definition) is 3. The molecule has 0 radical (unpaired) electrons. The molecule has 0 unspecified atom stereocenters. The number of nitrogens with one attached hydrogen (secondary N) is 1. The second-order valence-electron chi connectivity index (χ2n) is 4.55. The zero-order chi connectivity index (χ0) is 13.1. The van der Waals surface area contributed by atoms with Crippen molar-refractivity contribution >= 4 is 33.2 Å². The Hall–Kier alpha value is -0.390. The van der Waals surface area contributed by atoms with Gasteiger partial charge in [0, 0.05) is 16.0 Å². The maximum Gasteiger partial charge on any atom is 0.261 e. The molecule has 1 aliphatic heterocycles. The second-order valence-corrected chi connectivity index (χ2v) is 6.54. The van der Waals surface area contributed by atoms with Crippen molar-refractivity contribution in [3.05, 3.63) is 20.3 Å². The predicted molar refractivity (Wildman–Crippen MR) is 77.3 cm³/mol. The van der Waals surface area contributed by atoms with Crippen LogP contribution >= 0.6 is 27.3 Å². The van der Waals surface area contributed by atoms with Crippen LogP contribution in [0.1, 0.15) is 41.2 Å². The SMILES string of the molecule is CCc1sc(C(=O)N[C@H](C)[C@@H]2CCCO2)cc1Br. The summed E-state index contributed by atoms with van der Waals surface area (Å²) in [5, 5.41) is 3.03. The molecule has 2 heterocycles. The van der Waals surface area contributed by atoms with Gasteiger partial charge < -0.3 is 10.1 Å². The molecule has 1 saturated heterocycles. The third-order valence-electron chi connectivity index (χ3n) is 3.18. The van der Waals surface area contributed by atoms with Gasteiger partial charge in [-0.05, 0) is 48.2 Å². The van der Waals surface area contributed by atoms with Crippen molar-refractivity contribution < 1.29 is 9.53 Å². The lowest BCUT2D eigenvalue weighted by Crippen LogP contribution is -2.40. The molecule has 0 aliphatic carbocycles. The Morgan fingerprint density at radius 3 is 3.06 bits per heavy atom. The number of amides is 1. The van der Waals surface area contributed by atoms with Crippen molar-refractivity contribution in [3.63, 3.8) is 0 Å². The van der Waals surface area contributed by atoms with E-state index in [-0.39, 0.29) is 18.1 Å². The highest BCUT2D eigenvalue weighted by atomic mass is 79.9. The Morgan fingerprint density at radius 1 is 1.72 bits per heavy atom. The smallest absolute Gasteiger partial charge is 0.261 e. The summed E-state index contributed by atoms with van der Waals surface area (Å²) in [6.07, 6.45) is 3.24. The molecular weight excluding hydrogens is 314 g/mol. The molecule has 2 rings (SSSR count). The Labute approximate surface area is 120 Å². The molecule has 3 nitrogen and oxygen atoms in total. The van der Waals surface area contributed by atoms with Crippen LogP contribution in [0, 0.1) is 0 Å². The van der Waals surface area contributed by atoms with Crippen molar-refractivity contribution in [3.8, 4) is 0 Å². The molecule has 1 amide bonds. The van der Waals surface area contributed by atoms with E-state index >= 15 is 0 Å². The molecule has 0 spiro atoms. The summed E-state index contributed by atoms with van der Waals surface area (Å²) in [5.41, 5.74) is 0. The summed E-state index contributed by atoms with van der Waals surface area (Å²) in [5.74, 6) is 0.00315. The van der Waals surface area contributed by atoms with Crippen LogP contribution in [-0.4, -0.2) is 24.7 Å². The lowest BCUT2D eigenvalue weighted by atomic mass is 10.1. The van der Waals surface area contributed by atoms with E-state index in [9.17, 15) is 4.79 Å². The first-order valence-electron chi connectivity index (χ1n) is 6.32. The molecule has 1 N–H and O–H groups in total. The number of carbonyl (C=O) groups is 1. The third-order valence-corrected chi connectivity index (χ3v) is 5.43. The van der Waals surface area contributed by atoms with Crippen molar-refractivity contribution in [2.75, 3.05) is 6.61 Å². The molecular formula is C13H18BrNO2S. The summed E-state index contributed by atoms with van der Waals surface area (Å²) in [6.45, 7) is 4.92. The molecule has 18 heavy (non-hydrogen) atoms. The highest BCUT2D eigenvalue weighted by Crippen LogP contribution is 2.28. The van der Waals surface area contributed by atoms with Gasteiger partial charge in [0.15, 0.2) is 0 Å². The second kappa shape index (κ2) is 6.17. The van der Waals surface area contributed by atoms with E-state index in [1.807, 2.05) is 13.0 Å².